The van der Waals surface area contributed by atoms with E-state index in [0.717, 1.165) is 0 Å². The molecule has 0 spiro atoms. The molecule has 0 radical (unpaired) electrons. The number of fused-ring (bicyclic) bond motifs is 1. The van der Waals surface area contributed by atoms with E-state index in [9.17, 15) is 9.18 Å². The molecular weight excluding hydrogens is 425 g/mol. The number of carbonyl (C=O) groups is 1. The van der Waals surface area contributed by atoms with Gasteiger partial charge in [-0.3, -0.25) is 4.79 Å². The van der Waals surface area contributed by atoms with Gasteiger partial charge < -0.3 is 20.6 Å². The Morgan fingerprint density at radius 2 is 2.10 bits per heavy atom. The molecule has 160 valence electrons. The van der Waals surface area contributed by atoms with Crippen LogP contribution in [0.2, 0.25) is 5.02 Å². The fraction of sp³-hybridized carbons (Fsp3) is 0.143. The molecule has 0 saturated heterocycles. The maximum atomic E-state index is 13.4. The minimum atomic E-state index is -0.528. The van der Waals surface area contributed by atoms with Crippen LogP contribution in [0.1, 0.15) is 13.3 Å². The summed E-state index contributed by atoms with van der Waals surface area (Å²) >= 11 is 5.85. The van der Waals surface area contributed by atoms with E-state index in [1.807, 2.05) is 0 Å². The molecule has 0 aliphatic carbocycles. The van der Waals surface area contributed by atoms with Crippen molar-refractivity contribution in [3.63, 3.8) is 0 Å². The smallest absolute Gasteiger partial charge is 0.248 e. The van der Waals surface area contributed by atoms with Gasteiger partial charge in [0.25, 0.3) is 0 Å². The number of benzene rings is 2. The average Bonchev–Trinajstić information content (AvgIpc) is 2.77. The summed E-state index contributed by atoms with van der Waals surface area (Å²) in [5, 5.41) is 18.3. The lowest BCUT2D eigenvalue weighted by Gasteiger charge is -2.13. The first-order valence-corrected chi connectivity index (χ1v) is 9.57. The van der Waals surface area contributed by atoms with Crippen molar-refractivity contribution in [2.75, 3.05) is 17.7 Å². The van der Waals surface area contributed by atoms with Gasteiger partial charge in [0.1, 0.15) is 23.7 Å². The largest absolute Gasteiger partial charge is 0.494 e. The van der Waals surface area contributed by atoms with E-state index in [1.54, 1.807) is 19.1 Å². The van der Waals surface area contributed by atoms with Crippen LogP contribution in [-0.2, 0) is 4.79 Å². The highest BCUT2D eigenvalue weighted by Gasteiger charge is 2.13. The first-order chi connectivity index (χ1) is 14.9. The Hall–Kier alpha value is -3.72. The van der Waals surface area contributed by atoms with Gasteiger partial charge in [0.2, 0.25) is 5.91 Å². The molecule has 10 heteroatoms. The van der Waals surface area contributed by atoms with Gasteiger partial charge in [0.15, 0.2) is 0 Å². The molecule has 0 atom stereocenters. The number of ether oxygens (including phenoxy) is 1. The van der Waals surface area contributed by atoms with Crippen molar-refractivity contribution in [1.29, 1.82) is 0 Å². The topological polar surface area (TPSA) is 109 Å². The number of oxime groups is 1. The molecular formula is C21H19ClFN5O3. The number of rotatable bonds is 7. The van der Waals surface area contributed by atoms with E-state index in [1.165, 1.54) is 43.8 Å². The fourth-order valence-electron chi connectivity index (χ4n) is 2.73. The molecule has 3 N–H and O–H groups in total. The number of nitrogens with zero attached hydrogens (tertiary/aromatic N) is 3. The summed E-state index contributed by atoms with van der Waals surface area (Å²) in [5.74, 6) is -0.138. The Labute approximate surface area is 182 Å². The second kappa shape index (κ2) is 9.86. The lowest BCUT2D eigenvalue weighted by Crippen LogP contribution is -2.10. The van der Waals surface area contributed by atoms with Gasteiger partial charge >= 0.3 is 0 Å². The van der Waals surface area contributed by atoms with Crippen LogP contribution in [0.15, 0.2) is 54.0 Å². The predicted octanol–water partition coefficient (Wildman–Crippen LogP) is 4.91. The molecule has 1 heterocycles. The molecule has 8 nitrogen and oxygen atoms in total. The summed E-state index contributed by atoms with van der Waals surface area (Å²) in [4.78, 5) is 20.8. The van der Waals surface area contributed by atoms with Crippen LogP contribution in [0, 0.1) is 5.82 Å². The molecule has 0 bridgehead atoms. The average molecular weight is 444 g/mol. The van der Waals surface area contributed by atoms with E-state index >= 15 is 0 Å². The molecule has 1 amide bonds. The van der Waals surface area contributed by atoms with E-state index in [-0.39, 0.29) is 5.02 Å². The molecule has 0 saturated carbocycles. The zero-order valence-electron chi connectivity index (χ0n) is 16.7. The number of anilines is 3. The highest BCUT2D eigenvalue weighted by molar-refractivity contribution is 6.31. The molecule has 1 aromatic heterocycles. The summed E-state index contributed by atoms with van der Waals surface area (Å²) in [5.41, 5.74) is 1.85. The second-order valence-corrected chi connectivity index (χ2v) is 6.72. The first kappa shape index (κ1) is 22.0. The van der Waals surface area contributed by atoms with Crippen molar-refractivity contribution in [2.24, 2.45) is 5.16 Å². The zero-order chi connectivity index (χ0) is 22.4. The Kier molecular flexibility index (Phi) is 6.99. The third kappa shape index (κ3) is 5.26. The Bertz CT molecular complexity index is 1180. The molecule has 3 rings (SSSR count). The Morgan fingerprint density at radius 1 is 1.29 bits per heavy atom. The summed E-state index contributed by atoms with van der Waals surface area (Å²) < 4.78 is 18.8. The summed E-state index contributed by atoms with van der Waals surface area (Å²) in [6.45, 7) is 1.80. The number of nitrogens with one attached hydrogen (secondary N) is 2. The van der Waals surface area contributed by atoms with Crippen molar-refractivity contribution in [3.05, 3.63) is 59.7 Å². The first-order valence-electron chi connectivity index (χ1n) is 9.20. The number of hydrogen-bond donors (Lipinski definition) is 3. The van der Waals surface area contributed by atoms with Crippen LogP contribution < -0.4 is 15.4 Å². The molecule has 31 heavy (non-hydrogen) atoms. The van der Waals surface area contributed by atoms with E-state index in [0.29, 0.717) is 46.0 Å². The zero-order valence-corrected chi connectivity index (χ0v) is 17.4. The Morgan fingerprint density at radius 3 is 2.77 bits per heavy atom. The number of allylic oxidation sites excluding steroid dienone is 1. The number of hydrogen-bond acceptors (Lipinski definition) is 7. The number of carbonyl (C=O) groups excluding carboxylic acids is 1. The highest BCUT2D eigenvalue weighted by Crippen LogP contribution is 2.33. The highest BCUT2D eigenvalue weighted by atomic mass is 35.5. The normalized spacial score (nSPS) is 11.7. The fourth-order valence-corrected chi connectivity index (χ4v) is 2.91. The lowest BCUT2D eigenvalue weighted by molar-refractivity contribution is -0.111. The van der Waals surface area contributed by atoms with Crippen molar-refractivity contribution in [1.82, 2.24) is 9.97 Å². The molecule has 2 aromatic carbocycles. The van der Waals surface area contributed by atoms with Gasteiger partial charge in [-0.15, -0.1) is 0 Å². The summed E-state index contributed by atoms with van der Waals surface area (Å²) in [7, 11) is 1.47. The van der Waals surface area contributed by atoms with Crippen LogP contribution in [0.5, 0.6) is 5.75 Å². The maximum absolute atomic E-state index is 13.4. The summed E-state index contributed by atoms with van der Waals surface area (Å²) in [6.07, 6.45) is 4.51. The second-order valence-electron chi connectivity index (χ2n) is 6.31. The Balaban J connectivity index is 1.96. The molecule has 0 unspecified atom stereocenters. The quantitative estimate of drug-likeness (QED) is 0.207. The third-order valence-corrected chi connectivity index (χ3v) is 4.60. The van der Waals surface area contributed by atoms with Crippen LogP contribution in [0.3, 0.4) is 0 Å². The SMILES string of the molecule is CCC(/C=C/C(=O)Nc1cc2c(Nc3ccc(F)c(Cl)c3)ncnc2cc1OC)=N/O. The summed E-state index contributed by atoms with van der Waals surface area (Å²) in [6, 6.07) is 7.53. The van der Waals surface area contributed by atoms with Gasteiger partial charge in [-0.2, -0.15) is 0 Å². The van der Waals surface area contributed by atoms with Gasteiger partial charge in [-0.1, -0.05) is 23.7 Å². The van der Waals surface area contributed by atoms with Crippen LogP contribution in [-0.4, -0.2) is 33.9 Å². The minimum absolute atomic E-state index is 0.0253. The van der Waals surface area contributed by atoms with Gasteiger partial charge in [0.05, 0.1) is 29.0 Å². The predicted molar refractivity (Wildman–Crippen MR) is 118 cm³/mol. The number of amides is 1. The van der Waals surface area contributed by atoms with Crippen molar-refractivity contribution in [2.45, 2.75) is 13.3 Å². The lowest BCUT2D eigenvalue weighted by atomic mass is 10.1. The van der Waals surface area contributed by atoms with Crippen LogP contribution in [0.25, 0.3) is 10.9 Å². The third-order valence-electron chi connectivity index (χ3n) is 4.31. The van der Waals surface area contributed by atoms with Crippen molar-refractivity contribution >= 4 is 51.3 Å². The van der Waals surface area contributed by atoms with E-state index in [4.69, 9.17) is 21.5 Å². The number of aromatic nitrogens is 2. The van der Waals surface area contributed by atoms with Crippen molar-refractivity contribution < 1.29 is 19.1 Å². The molecule has 0 aliphatic rings. The van der Waals surface area contributed by atoms with Crippen LogP contribution >= 0.6 is 11.6 Å². The van der Waals surface area contributed by atoms with Gasteiger partial charge in [0, 0.05) is 23.2 Å². The standard InChI is InChI=1S/C21H19ClFN5O3/c1-3-12(28-30)5-7-20(29)27-18-9-14-17(10-19(18)31-2)24-11-25-21(14)26-13-4-6-16(23)15(22)8-13/h4-11,30H,3H2,1-2H3,(H,27,29)(H,24,25,26)/b7-5+,28-12-. The van der Waals surface area contributed by atoms with Crippen molar-refractivity contribution in [3.8, 4) is 5.75 Å². The van der Waals surface area contributed by atoms with Crippen LogP contribution in [0.4, 0.5) is 21.6 Å². The number of methoxy groups -OCH3 is 1. The monoisotopic (exact) mass is 443 g/mol. The molecule has 0 aliphatic heterocycles. The minimum Gasteiger partial charge on any atom is -0.494 e. The molecule has 3 aromatic rings. The van der Waals surface area contributed by atoms with Gasteiger partial charge in [-0.25, -0.2) is 14.4 Å². The van der Waals surface area contributed by atoms with E-state index in [2.05, 4.69) is 25.8 Å². The molecule has 0 fully saturated rings. The van der Waals surface area contributed by atoms with E-state index < -0.39 is 11.7 Å². The van der Waals surface area contributed by atoms with Gasteiger partial charge in [-0.05, 0) is 36.8 Å². The maximum Gasteiger partial charge on any atom is 0.248 e. The number of halogens is 2.